The molecule has 2 aromatic carbocycles. The van der Waals surface area contributed by atoms with Gasteiger partial charge in [-0.1, -0.05) is 39.0 Å². The maximum absolute atomic E-state index is 13.5. The van der Waals surface area contributed by atoms with E-state index >= 15 is 0 Å². The summed E-state index contributed by atoms with van der Waals surface area (Å²) in [5.74, 6) is -0.0444. The average Bonchev–Trinajstić information content (AvgIpc) is 3.22. The van der Waals surface area contributed by atoms with Gasteiger partial charge in [-0.15, -0.1) is 11.3 Å². The van der Waals surface area contributed by atoms with Gasteiger partial charge in [0, 0.05) is 24.7 Å². The second-order valence-corrected chi connectivity index (χ2v) is 11.3. The van der Waals surface area contributed by atoms with Crippen molar-refractivity contribution >= 4 is 33.3 Å². The lowest BCUT2D eigenvalue weighted by Gasteiger charge is -2.28. The lowest BCUT2D eigenvalue weighted by atomic mass is 9.95. The summed E-state index contributed by atoms with van der Waals surface area (Å²) in [6.07, 6.45) is 1.45. The highest BCUT2D eigenvalue weighted by Crippen LogP contribution is 2.29. The summed E-state index contributed by atoms with van der Waals surface area (Å²) in [7, 11) is 0. The van der Waals surface area contributed by atoms with E-state index in [1.807, 2.05) is 13.8 Å². The van der Waals surface area contributed by atoms with Crippen LogP contribution in [0.3, 0.4) is 0 Å². The predicted molar refractivity (Wildman–Crippen MR) is 149 cm³/mol. The summed E-state index contributed by atoms with van der Waals surface area (Å²) in [5.41, 5.74) is 5.09. The third-order valence-electron chi connectivity index (χ3n) is 6.39. The molecule has 0 aliphatic carbocycles. The van der Waals surface area contributed by atoms with E-state index in [1.165, 1.54) is 22.4 Å². The molecule has 0 amide bonds. The summed E-state index contributed by atoms with van der Waals surface area (Å²) in [6.45, 7) is 9.71. The van der Waals surface area contributed by atoms with E-state index in [2.05, 4.69) is 54.1 Å². The van der Waals surface area contributed by atoms with Crippen LogP contribution in [-0.2, 0) is 17.8 Å². The first-order chi connectivity index (χ1) is 17.7. The van der Waals surface area contributed by atoms with Gasteiger partial charge in [0.2, 0.25) is 0 Å². The van der Waals surface area contributed by atoms with E-state index < -0.39 is 5.97 Å². The predicted octanol–water partition coefficient (Wildman–Crippen LogP) is 7.36. The summed E-state index contributed by atoms with van der Waals surface area (Å²) >= 11 is 1.69. The highest BCUT2D eigenvalue weighted by molar-refractivity contribution is 7.18. The number of aromatic nitrogens is 2. The van der Waals surface area contributed by atoms with Crippen molar-refractivity contribution in [2.75, 3.05) is 11.4 Å². The Morgan fingerprint density at radius 1 is 1.03 bits per heavy atom. The van der Waals surface area contributed by atoms with E-state index in [0.717, 1.165) is 39.7 Å². The molecule has 4 aromatic rings. The van der Waals surface area contributed by atoms with Crippen molar-refractivity contribution < 1.29 is 14.3 Å². The molecule has 1 N–H and O–H groups in total. The van der Waals surface area contributed by atoms with E-state index in [0.29, 0.717) is 25.3 Å². The molecule has 0 aliphatic rings. The molecule has 1 unspecified atom stereocenters. The number of anilines is 1. The van der Waals surface area contributed by atoms with Gasteiger partial charge < -0.3 is 10.0 Å². The third-order valence-corrected chi connectivity index (χ3v) is 7.32. The largest absolute Gasteiger partial charge is 0.481 e. The Bertz CT molecular complexity index is 1370. The zero-order valence-electron chi connectivity index (χ0n) is 21.9. The van der Waals surface area contributed by atoms with E-state index in [-0.39, 0.29) is 18.2 Å². The molecule has 0 saturated carbocycles. The molecule has 5 nitrogen and oxygen atoms in total. The first-order valence-corrected chi connectivity index (χ1v) is 13.6. The number of pyridine rings is 1. The second kappa shape index (κ2) is 11.8. The Morgan fingerprint density at radius 2 is 1.76 bits per heavy atom. The van der Waals surface area contributed by atoms with Crippen molar-refractivity contribution in [2.45, 2.75) is 59.4 Å². The van der Waals surface area contributed by atoms with Crippen LogP contribution < -0.4 is 4.90 Å². The van der Waals surface area contributed by atoms with E-state index in [1.54, 1.807) is 23.5 Å². The number of carboxylic acids is 1. The number of hydrogen-bond donors (Lipinski definition) is 1. The van der Waals surface area contributed by atoms with Gasteiger partial charge >= 0.3 is 5.97 Å². The highest BCUT2D eigenvalue weighted by Gasteiger charge is 2.20. The first kappa shape index (κ1) is 26.7. The number of thiazole rings is 1. The minimum atomic E-state index is -0.822. The van der Waals surface area contributed by atoms with Crippen LogP contribution in [0.2, 0.25) is 0 Å². The van der Waals surface area contributed by atoms with Gasteiger partial charge in [0.1, 0.15) is 11.6 Å². The van der Waals surface area contributed by atoms with Gasteiger partial charge in [-0.05, 0) is 78.8 Å². The van der Waals surface area contributed by atoms with Crippen molar-refractivity contribution in [3.8, 4) is 0 Å². The third kappa shape index (κ3) is 7.13. The molecule has 1 atom stereocenters. The zero-order chi connectivity index (χ0) is 26.5. The number of hydrogen-bond acceptors (Lipinski definition) is 5. The number of benzene rings is 2. The molecule has 2 aromatic heterocycles. The molecule has 0 aliphatic heterocycles. The maximum Gasteiger partial charge on any atom is 0.304 e. The molecule has 0 fully saturated rings. The van der Waals surface area contributed by atoms with Crippen LogP contribution in [0.5, 0.6) is 0 Å². The number of fused-ring (bicyclic) bond motifs is 1. The number of carbonyl (C=O) groups is 1. The topological polar surface area (TPSA) is 66.3 Å². The SMILES string of the molecule is CCC(CC(=O)O)c1cc(Cc2ccc3nc(C)sc3c2)cc(N(Cc2ccc(F)cc2)CC(C)C)n1. The Labute approximate surface area is 222 Å². The monoisotopic (exact) mass is 519 g/mol. The first-order valence-electron chi connectivity index (χ1n) is 12.8. The van der Waals surface area contributed by atoms with Crippen LogP contribution >= 0.6 is 11.3 Å². The second-order valence-electron chi connectivity index (χ2n) is 10.1. The number of aliphatic carboxylic acids is 1. The average molecular weight is 520 g/mol. The van der Waals surface area contributed by atoms with Crippen LogP contribution in [0.25, 0.3) is 10.2 Å². The fraction of sp³-hybridized carbons (Fsp3) is 0.367. The minimum Gasteiger partial charge on any atom is -0.481 e. The van der Waals surface area contributed by atoms with Gasteiger partial charge in [0.05, 0.1) is 21.6 Å². The van der Waals surface area contributed by atoms with Crippen LogP contribution in [-0.4, -0.2) is 27.6 Å². The summed E-state index contributed by atoms with van der Waals surface area (Å²) in [4.78, 5) is 23.4. The zero-order valence-corrected chi connectivity index (χ0v) is 22.7. The number of nitrogens with zero attached hydrogens (tertiary/aromatic N) is 3. The molecule has 194 valence electrons. The number of carboxylic acid groups (broad SMARTS) is 1. The van der Waals surface area contributed by atoms with Gasteiger partial charge in [-0.25, -0.2) is 14.4 Å². The number of aryl methyl sites for hydroxylation is 1. The summed E-state index contributed by atoms with van der Waals surface area (Å²) in [6, 6.07) is 17.1. The van der Waals surface area contributed by atoms with E-state index in [9.17, 15) is 14.3 Å². The molecular formula is C30H34FN3O2S. The molecule has 7 heteroatoms. The van der Waals surface area contributed by atoms with E-state index in [4.69, 9.17) is 4.98 Å². The Balaban J connectivity index is 1.74. The standard InChI is InChI=1S/C30H34FN3O2S/c1-5-24(16-30(35)36)27-13-23(12-22-8-11-26-28(14-22)37-20(4)32-26)15-29(33-27)34(17-19(2)3)18-21-6-9-25(31)10-7-21/h6-11,13-15,19,24H,5,12,16-18H2,1-4H3,(H,35,36). The quantitative estimate of drug-likeness (QED) is 0.224. The van der Waals surface area contributed by atoms with Crippen LogP contribution in [0.4, 0.5) is 10.2 Å². The number of halogens is 1. The fourth-order valence-corrected chi connectivity index (χ4v) is 5.55. The molecule has 2 heterocycles. The van der Waals surface area contributed by atoms with Crippen LogP contribution in [0, 0.1) is 18.7 Å². The maximum atomic E-state index is 13.5. The van der Waals surface area contributed by atoms with Crippen LogP contribution in [0.15, 0.2) is 54.6 Å². The van der Waals surface area contributed by atoms with Crippen molar-refractivity contribution in [2.24, 2.45) is 5.92 Å². The lowest BCUT2D eigenvalue weighted by Crippen LogP contribution is -2.28. The smallest absolute Gasteiger partial charge is 0.304 e. The Kier molecular flexibility index (Phi) is 8.54. The van der Waals surface area contributed by atoms with Crippen LogP contribution in [0.1, 0.15) is 66.9 Å². The summed E-state index contributed by atoms with van der Waals surface area (Å²) < 4.78 is 14.7. The van der Waals surface area contributed by atoms with Crippen molar-refractivity contribution in [1.82, 2.24) is 9.97 Å². The molecule has 37 heavy (non-hydrogen) atoms. The van der Waals surface area contributed by atoms with Gasteiger partial charge in [0.25, 0.3) is 0 Å². The normalized spacial score (nSPS) is 12.3. The Morgan fingerprint density at radius 3 is 2.43 bits per heavy atom. The minimum absolute atomic E-state index is 0.0423. The summed E-state index contributed by atoms with van der Waals surface area (Å²) in [5, 5.41) is 10.6. The highest BCUT2D eigenvalue weighted by atomic mass is 32.1. The van der Waals surface area contributed by atoms with Gasteiger partial charge in [-0.2, -0.15) is 0 Å². The molecule has 0 saturated heterocycles. The fourth-order valence-electron chi connectivity index (χ4n) is 4.66. The molecule has 4 rings (SSSR count). The number of rotatable bonds is 11. The molecule has 0 radical (unpaired) electrons. The van der Waals surface area contributed by atoms with Crippen molar-refractivity contribution in [3.63, 3.8) is 0 Å². The van der Waals surface area contributed by atoms with Gasteiger partial charge in [0.15, 0.2) is 0 Å². The van der Waals surface area contributed by atoms with Crippen molar-refractivity contribution in [3.05, 3.63) is 87.8 Å². The molecule has 0 spiro atoms. The molecule has 0 bridgehead atoms. The lowest BCUT2D eigenvalue weighted by molar-refractivity contribution is -0.137. The van der Waals surface area contributed by atoms with Crippen molar-refractivity contribution in [1.29, 1.82) is 0 Å². The molecular weight excluding hydrogens is 485 g/mol. The Hall–Kier alpha value is -3.32. The van der Waals surface area contributed by atoms with Gasteiger partial charge in [-0.3, -0.25) is 4.79 Å².